The van der Waals surface area contributed by atoms with E-state index in [0.29, 0.717) is 31.3 Å². The lowest BCUT2D eigenvalue weighted by Gasteiger charge is -2.29. The van der Waals surface area contributed by atoms with Crippen LogP contribution in [0.15, 0.2) is 47.3 Å². The Morgan fingerprint density at radius 3 is 2.83 bits per heavy atom. The summed E-state index contributed by atoms with van der Waals surface area (Å²) in [6.45, 7) is 9.28. The average Bonchev–Trinajstić information content (AvgIpc) is 3.38. The van der Waals surface area contributed by atoms with Crippen LogP contribution in [0.5, 0.6) is 0 Å². The number of carbonyl (C=O) groups is 1. The second kappa shape index (κ2) is 13.2. The van der Waals surface area contributed by atoms with Crippen LogP contribution >= 0.6 is 23.1 Å². The second-order valence-corrected chi connectivity index (χ2v) is 10.1. The molecule has 2 N–H and O–H groups in total. The van der Waals surface area contributed by atoms with Gasteiger partial charge in [-0.25, -0.2) is 14.8 Å². The number of aryl methyl sites for hydroxylation is 1. The molecule has 1 aliphatic rings. The van der Waals surface area contributed by atoms with Gasteiger partial charge in [0.25, 0.3) is 0 Å². The molecular formula is C24H29N7O3S2. The van der Waals surface area contributed by atoms with Crippen molar-refractivity contribution in [3.05, 3.63) is 59.4 Å². The number of morpholine rings is 1. The van der Waals surface area contributed by atoms with Crippen LogP contribution in [0.2, 0.25) is 0 Å². The lowest BCUT2D eigenvalue weighted by atomic mass is 10.2. The number of pyridine rings is 2. The first-order valence-electron chi connectivity index (χ1n) is 11.7. The molecular weight excluding hydrogens is 498 g/mol. The molecule has 0 bridgehead atoms. The number of hydrogen-bond acceptors (Lipinski definition) is 11. The van der Waals surface area contributed by atoms with Crippen LogP contribution in [0.3, 0.4) is 0 Å². The molecule has 0 aromatic carbocycles. The standard InChI is InChI=1S/C24H29N7O3S2/c1-3-10-34-23(32)28-20-7-5-6-17(26-20)15-25-21-14-19(31-8-11-33-12-9-31)13-18(27-21)16-35-24-30-29-22(4-2)36-24/h3,5-7,13-14H,1,4,8-12,15-16H2,2H3,(H,25,27)(H,26,28,32). The van der Waals surface area contributed by atoms with Gasteiger partial charge in [0.15, 0.2) is 4.34 Å². The molecule has 1 amide bonds. The minimum Gasteiger partial charge on any atom is -0.445 e. The molecule has 4 heterocycles. The minimum absolute atomic E-state index is 0.137. The van der Waals surface area contributed by atoms with Crippen molar-refractivity contribution in [2.45, 2.75) is 30.0 Å². The number of ether oxygens (including phenoxy) is 2. The maximum atomic E-state index is 11.8. The Bertz CT molecular complexity index is 1170. The highest BCUT2D eigenvalue weighted by atomic mass is 32.2. The molecule has 0 unspecified atom stereocenters. The Hall–Kier alpha value is -3.22. The summed E-state index contributed by atoms with van der Waals surface area (Å²) in [6, 6.07) is 9.61. The zero-order valence-electron chi connectivity index (χ0n) is 20.1. The predicted molar refractivity (Wildman–Crippen MR) is 143 cm³/mol. The molecule has 36 heavy (non-hydrogen) atoms. The third kappa shape index (κ3) is 7.64. The van der Waals surface area contributed by atoms with Crippen molar-refractivity contribution in [2.24, 2.45) is 0 Å². The normalized spacial score (nSPS) is 13.3. The number of hydrogen-bond donors (Lipinski definition) is 2. The zero-order valence-corrected chi connectivity index (χ0v) is 21.7. The monoisotopic (exact) mass is 527 g/mol. The van der Waals surface area contributed by atoms with E-state index in [-0.39, 0.29) is 6.61 Å². The maximum absolute atomic E-state index is 11.8. The first-order chi connectivity index (χ1) is 17.6. The van der Waals surface area contributed by atoms with Gasteiger partial charge in [-0.05, 0) is 24.6 Å². The van der Waals surface area contributed by atoms with Crippen LogP contribution in [0, 0.1) is 0 Å². The molecule has 12 heteroatoms. The van der Waals surface area contributed by atoms with E-state index >= 15 is 0 Å². The van der Waals surface area contributed by atoms with Crippen molar-refractivity contribution >= 4 is 46.5 Å². The van der Waals surface area contributed by atoms with Crippen molar-refractivity contribution < 1.29 is 14.3 Å². The maximum Gasteiger partial charge on any atom is 0.413 e. The van der Waals surface area contributed by atoms with Crippen molar-refractivity contribution in [3.8, 4) is 0 Å². The summed E-state index contributed by atoms with van der Waals surface area (Å²) in [7, 11) is 0. The van der Waals surface area contributed by atoms with Gasteiger partial charge in [-0.15, -0.1) is 10.2 Å². The zero-order chi connectivity index (χ0) is 25.2. The molecule has 190 valence electrons. The topological polar surface area (TPSA) is 114 Å². The fourth-order valence-corrected chi connectivity index (χ4v) is 5.15. The fraction of sp³-hybridized carbons (Fsp3) is 0.375. The Kier molecular flexibility index (Phi) is 9.47. The van der Waals surface area contributed by atoms with Gasteiger partial charge in [-0.1, -0.05) is 48.7 Å². The first kappa shape index (κ1) is 25.9. The highest BCUT2D eigenvalue weighted by Gasteiger charge is 2.15. The summed E-state index contributed by atoms with van der Waals surface area (Å²) in [4.78, 5) is 23.4. The predicted octanol–water partition coefficient (Wildman–Crippen LogP) is 4.37. The number of thioether (sulfide) groups is 1. The van der Waals surface area contributed by atoms with E-state index in [2.05, 4.69) is 50.3 Å². The second-order valence-electron chi connectivity index (χ2n) is 7.79. The largest absolute Gasteiger partial charge is 0.445 e. The van der Waals surface area contributed by atoms with Crippen LogP contribution in [0.1, 0.15) is 23.3 Å². The highest BCUT2D eigenvalue weighted by Crippen LogP contribution is 2.28. The molecule has 1 saturated heterocycles. The van der Waals surface area contributed by atoms with Gasteiger partial charge in [-0.2, -0.15) is 0 Å². The van der Waals surface area contributed by atoms with Gasteiger partial charge in [0, 0.05) is 30.6 Å². The summed E-state index contributed by atoms with van der Waals surface area (Å²) < 4.78 is 11.4. The molecule has 3 aromatic heterocycles. The molecule has 0 saturated carbocycles. The molecule has 0 spiro atoms. The van der Waals surface area contributed by atoms with Crippen LogP contribution in [0.4, 0.5) is 22.1 Å². The van der Waals surface area contributed by atoms with E-state index in [0.717, 1.165) is 51.8 Å². The average molecular weight is 528 g/mol. The molecule has 0 aliphatic carbocycles. The van der Waals surface area contributed by atoms with Crippen molar-refractivity contribution in [2.75, 3.05) is 48.4 Å². The molecule has 1 fully saturated rings. The minimum atomic E-state index is -0.573. The van der Waals surface area contributed by atoms with Crippen LogP contribution in [-0.4, -0.2) is 59.2 Å². The summed E-state index contributed by atoms with van der Waals surface area (Å²) >= 11 is 3.27. The Morgan fingerprint density at radius 1 is 1.22 bits per heavy atom. The number of amides is 1. The molecule has 0 radical (unpaired) electrons. The Balaban J connectivity index is 1.45. The molecule has 4 rings (SSSR count). The summed E-state index contributed by atoms with van der Waals surface area (Å²) in [5.74, 6) is 1.86. The Labute approximate surface area is 218 Å². The van der Waals surface area contributed by atoms with Gasteiger partial charge in [0.2, 0.25) is 0 Å². The molecule has 1 aliphatic heterocycles. The van der Waals surface area contributed by atoms with Crippen LogP contribution in [-0.2, 0) is 28.2 Å². The van der Waals surface area contributed by atoms with Crippen LogP contribution < -0.4 is 15.5 Å². The number of nitrogens with one attached hydrogen (secondary N) is 2. The van der Waals surface area contributed by atoms with E-state index in [1.165, 1.54) is 6.08 Å². The summed E-state index contributed by atoms with van der Waals surface area (Å²) in [6.07, 6.45) is 1.82. The van der Waals surface area contributed by atoms with Gasteiger partial charge in [-0.3, -0.25) is 5.32 Å². The third-order valence-electron chi connectivity index (χ3n) is 5.15. The fourth-order valence-electron chi connectivity index (χ4n) is 3.42. The first-order valence-corrected chi connectivity index (χ1v) is 13.5. The van der Waals surface area contributed by atoms with E-state index in [1.54, 1.807) is 29.2 Å². The van der Waals surface area contributed by atoms with Crippen molar-refractivity contribution in [1.82, 2.24) is 20.2 Å². The van der Waals surface area contributed by atoms with E-state index in [4.69, 9.17) is 14.5 Å². The smallest absolute Gasteiger partial charge is 0.413 e. The molecule has 0 atom stereocenters. The lowest BCUT2D eigenvalue weighted by Crippen LogP contribution is -2.36. The van der Waals surface area contributed by atoms with E-state index in [9.17, 15) is 4.79 Å². The quantitative estimate of drug-likeness (QED) is 0.275. The number of carbonyl (C=O) groups excluding carboxylic acids is 1. The van der Waals surface area contributed by atoms with E-state index in [1.807, 2.05) is 18.2 Å². The Morgan fingerprint density at radius 2 is 2.06 bits per heavy atom. The number of rotatable bonds is 11. The van der Waals surface area contributed by atoms with Crippen LogP contribution in [0.25, 0.3) is 0 Å². The lowest BCUT2D eigenvalue weighted by molar-refractivity contribution is 0.122. The van der Waals surface area contributed by atoms with Crippen molar-refractivity contribution in [3.63, 3.8) is 0 Å². The molecule has 10 nitrogen and oxygen atoms in total. The summed E-state index contributed by atoms with van der Waals surface area (Å²) in [5, 5.41) is 15.5. The third-order valence-corrected chi connectivity index (χ3v) is 7.39. The van der Waals surface area contributed by atoms with Gasteiger partial charge in [0.1, 0.15) is 23.3 Å². The van der Waals surface area contributed by atoms with E-state index < -0.39 is 6.09 Å². The summed E-state index contributed by atoms with van der Waals surface area (Å²) in [5.41, 5.74) is 2.81. The highest BCUT2D eigenvalue weighted by molar-refractivity contribution is 8.00. The van der Waals surface area contributed by atoms with Gasteiger partial charge in [0.05, 0.1) is 31.1 Å². The SMILES string of the molecule is C=CCOC(=O)Nc1cccc(CNc2cc(N3CCOCC3)cc(CSc3nnc(CC)s3)n2)n1. The van der Waals surface area contributed by atoms with Gasteiger partial charge >= 0.3 is 6.09 Å². The molecule has 3 aromatic rings. The van der Waals surface area contributed by atoms with Crippen molar-refractivity contribution in [1.29, 1.82) is 0 Å². The number of nitrogens with zero attached hydrogens (tertiary/aromatic N) is 5. The number of anilines is 3. The van der Waals surface area contributed by atoms with Gasteiger partial charge < -0.3 is 19.7 Å². The number of aromatic nitrogens is 4.